The molecule has 0 radical (unpaired) electrons. The van der Waals surface area contributed by atoms with Crippen LogP contribution in [0.2, 0.25) is 0 Å². The Labute approximate surface area is 157 Å². The number of nitrogens with one attached hydrogen (secondary N) is 1. The molecule has 0 aliphatic carbocycles. The molecule has 140 valence electrons. The van der Waals surface area contributed by atoms with Crippen LogP contribution in [0.1, 0.15) is 21.7 Å². The van der Waals surface area contributed by atoms with Crippen LogP contribution in [0, 0.1) is 10.1 Å². The lowest BCUT2D eigenvalue weighted by Crippen LogP contribution is -2.23. The highest BCUT2D eigenvalue weighted by Gasteiger charge is 2.12. The Morgan fingerprint density at radius 3 is 2.79 bits per heavy atom. The summed E-state index contributed by atoms with van der Waals surface area (Å²) in [6.45, 7) is 0.609. The van der Waals surface area contributed by atoms with Gasteiger partial charge in [0.25, 0.3) is 11.6 Å². The predicted octanol–water partition coefficient (Wildman–Crippen LogP) is 1.21. The zero-order chi connectivity index (χ0) is 19.5. The van der Waals surface area contributed by atoms with E-state index in [0.29, 0.717) is 18.0 Å². The number of hydrogen-bond donors (Lipinski definition) is 1. The van der Waals surface area contributed by atoms with Gasteiger partial charge < -0.3 is 5.32 Å². The summed E-state index contributed by atoms with van der Waals surface area (Å²) in [5.74, 6) is 0.108. The fourth-order valence-electron chi connectivity index (χ4n) is 2.61. The van der Waals surface area contributed by atoms with Gasteiger partial charge in [-0.15, -0.1) is 5.10 Å². The van der Waals surface area contributed by atoms with E-state index in [0.717, 1.165) is 5.56 Å². The maximum absolute atomic E-state index is 12.2. The number of nitro groups is 1. The van der Waals surface area contributed by atoms with E-state index >= 15 is 0 Å². The molecule has 4 aromatic rings. The van der Waals surface area contributed by atoms with Crippen LogP contribution in [0.3, 0.4) is 0 Å². The number of benzene rings is 1. The number of amides is 1. The monoisotopic (exact) mass is 378 g/mol. The number of carbonyl (C=O) groups excluding carboxylic acids is 1. The molecule has 1 N–H and O–H groups in total. The second kappa shape index (κ2) is 7.23. The zero-order valence-corrected chi connectivity index (χ0v) is 14.5. The minimum absolute atomic E-state index is 0.0351. The van der Waals surface area contributed by atoms with Gasteiger partial charge in [-0.3, -0.25) is 19.3 Å². The van der Waals surface area contributed by atoms with Crippen molar-refractivity contribution >= 4 is 17.4 Å². The van der Waals surface area contributed by atoms with Crippen molar-refractivity contribution in [3.8, 4) is 0 Å². The van der Waals surface area contributed by atoms with Gasteiger partial charge in [-0.1, -0.05) is 17.3 Å². The summed E-state index contributed by atoms with van der Waals surface area (Å²) in [4.78, 5) is 30.7. The molecular formula is C17H14N8O3. The van der Waals surface area contributed by atoms with E-state index < -0.39 is 4.92 Å². The Morgan fingerprint density at radius 1 is 1.21 bits per heavy atom. The highest BCUT2D eigenvalue weighted by Crippen LogP contribution is 2.12. The van der Waals surface area contributed by atoms with Crippen LogP contribution < -0.4 is 5.32 Å². The topological polar surface area (TPSA) is 133 Å². The molecule has 4 rings (SSSR count). The number of nitro benzene ring substituents is 1. The molecule has 11 heteroatoms. The maximum Gasteiger partial charge on any atom is 0.271 e. The number of fused-ring (bicyclic) bond motifs is 1. The van der Waals surface area contributed by atoms with E-state index in [2.05, 4.69) is 25.6 Å². The third-order valence-electron chi connectivity index (χ3n) is 3.98. The summed E-state index contributed by atoms with van der Waals surface area (Å²) in [5.41, 5.74) is 1.73. The summed E-state index contributed by atoms with van der Waals surface area (Å²) < 4.78 is 3.26. The smallest absolute Gasteiger partial charge is 0.271 e. The number of hydrogen-bond acceptors (Lipinski definition) is 7. The van der Waals surface area contributed by atoms with Crippen LogP contribution in [0.15, 0.2) is 55.1 Å². The van der Waals surface area contributed by atoms with Crippen LogP contribution in [0.25, 0.3) is 5.78 Å². The van der Waals surface area contributed by atoms with Crippen LogP contribution >= 0.6 is 0 Å². The van der Waals surface area contributed by atoms with Gasteiger partial charge in [0.1, 0.15) is 11.4 Å². The van der Waals surface area contributed by atoms with Gasteiger partial charge >= 0.3 is 0 Å². The van der Waals surface area contributed by atoms with Gasteiger partial charge in [0.15, 0.2) is 0 Å². The molecule has 3 aromatic heterocycles. The van der Waals surface area contributed by atoms with Crippen LogP contribution in [0.4, 0.5) is 5.69 Å². The fraction of sp³-hybridized carbons (Fsp3) is 0.118. The maximum atomic E-state index is 12.2. The molecule has 0 saturated heterocycles. The lowest BCUT2D eigenvalue weighted by Gasteiger charge is -2.01. The summed E-state index contributed by atoms with van der Waals surface area (Å²) in [6.07, 6.45) is 6.67. The number of non-ortho nitro benzene ring substituents is 1. The molecular weight excluding hydrogens is 364 g/mol. The Kier molecular flexibility index (Phi) is 4.46. The molecule has 1 aromatic carbocycles. The molecule has 0 aliphatic heterocycles. The zero-order valence-electron chi connectivity index (χ0n) is 14.5. The Hall–Kier alpha value is -4.15. The minimum atomic E-state index is -0.445. The molecule has 0 spiro atoms. The van der Waals surface area contributed by atoms with Crippen LogP contribution in [-0.2, 0) is 13.1 Å². The number of aromatic nitrogens is 6. The third-order valence-corrected chi connectivity index (χ3v) is 3.98. The molecule has 0 unspecified atom stereocenters. The fourth-order valence-corrected chi connectivity index (χ4v) is 2.61. The SMILES string of the molecule is O=C(NCc1cn(Cc2ccc([N+](=O)[O-])cc2)nn1)c1cn2cccnc2n1. The quantitative estimate of drug-likeness (QED) is 0.394. The van der Waals surface area contributed by atoms with Crippen molar-refractivity contribution < 1.29 is 9.72 Å². The Bertz CT molecular complexity index is 1120. The van der Waals surface area contributed by atoms with Crippen molar-refractivity contribution in [3.63, 3.8) is 0 Å². The number of rotatable bonds is 6. The standard InChI is InChI=1S/C17H14N8O3/c26-16(15-11-23-7-1-6-18-17(23)20-15)19-8-13-10-24(22-21-13)9-12-2-4-14(5-3-12)25(27)28/h1-7,10-11H,8-9H2,(H,19,26). The van der Waals surface area contributed by atoms with Crippen molar-refractivity contribution in [2.75, 3.05) is 0 Å². The lowest BCUT2D eigenvalue weighted by atomic mass is 10.2. The molecule has 0 atom stereocenters. The molecule has 11 nitrogen and oxygen atoms in total. The first-order valence-corrected chi connectivity index (χ1v) is 8.29. The third kappa shape index (κ3) is 3.67. The molecule has 28 heavy (non-hydrogen) atoms. The van der Waals surface area contributed by atoms with Crippen molar-refractivity contribution in [1.29, 1.82) is 0 Å². The molecule has 0 bridgehead atoms. The van der Waals surface area contributed by atoms with Crippen molar-refractivity contribution in [2.45, 2.75) is 13.1 Å². The minimum Gasteiger partial charge on any atom is -0.345 e. The van der Waals surface area contributed by atoms with Crippen LogP contribution in [-0.4, -0.2) is 40.2 Å². The van der Waals surface area contributed by atoms with E-state index in [4.69, 9.17) is 0 Å². The highest BCUT2D eigenvalue weighted by molar-refractivity contribution is 5.92. The summed E-state index contributed by atoms with van der Waals surface area (Å²) in [5, 5.41) is 21.5. The molecule has 3 heterocycles. The number of carbonyl (C=O) groups is 1. The average Bonchev–Trinajstić information content (AvgIpc) is 3.33. The number of imidazole rings is 1. The van der Waals surface area contributed by atoms with Gasteiger partial charge in [0.05, 0.1) is 24.2 Å². The predicted molar refractivity (Wildman–Crippen MR) is 96.4 cm³/mol. The largest absolute Gasteiger partial charge is 0.345 e. The van der Waals surface area contributed by atoms with E-state index in [9.17, 15) is 14.9 Å². The Morgan fingerprint density at radius 2 is 2.04 bits per heavy atom. The van der Waals surface area contributed by atoms with E-state index in [1.165, 1.54) is 12.1 Å². The van der Waals surface area contributed by atoms with Gasteiger partial charge in [-0.05, 0) is 11.6 Å². The molecule has 1 amide bonds. The molecule has 0 aliphatic rings. The van der Waals surface area contributed by atoms with Gasteiger partial charge in [0, 0.05) is 30.7 Å². The van der Waals surface area contributed by atoms with E-state index in [-0.39, 0.29) is 23.8 Å². The van der Waals surface area contributed by atoms with Gasteiger partial charge in [-0.25, -0.2) is 14.6 Å². The first kappa shape index (κ1) is 17.3. The molecule has 0 saturated carbocycles. The number of nitrogens with zero attached hydrogens (tertiary/aromatic N) is 7. The highest BCUT2D eigenvalue weighted by atomic mass is 16.6. The normalized spacial score (nSPS) is 10.9. The molecule has 0 fully saturated rings. The summed E-state index contributed by atoms with van der Waals surface area (Å²) in [7, 11) is 0. The lowest BCUT2D eigenvalue weighted by molar-refractivity contribution is -0.384. The van der Waals surface area contributed by atoms with E-state index in [1.807, 2.05) is 0 Å². The second-order valence-electron chi connectivity index (χ2n) is 5.97. The first-order chi connectivity index (χ1) is 13.6. The van der Waals surface area contributed by atoms with E-state index in [1.54, 1.807) is 52.1 Å². The Balaban J connectivity index is 1.36. The first-order valence-electron chi connectivity index (χ1n) is 8.29. The van der Waals surface area contributed by atoms with Crippen molar-refractivity contribution in [3.05, 3.63) is 82.2 Å². The van der Waals surface area contributed by atoms with Crippen molar-refractivity contribution in [2.24, 2.45) is 0 Å². The van der Waals surface area contributed by atoms with Crippen molar-refractivity contribution in [1.82, 2.24) is 34.7 Å². The van der Waals surface area contributed by atoms with Crippen LogP contribution in [0.5, 0.6) is 0 Å². The van der Waals surface area contributed by atoms with Gasteiger partial charge in [-0.2, -0.15) is 0 Å². The average molecular weight is 378 g/mol. The van der Waals surface area contributed by atoms with Gasteiger partial charge in [0.2, 0.25) is 5.78 Å². The summed E-state index contributed by atoms with van der Waals surface area (Å²) >= 11 is 0. The second-order valence-corrected chi connectivity index (χ2v) is 5.97. The summed E-state index contributed by atoms with van der Waals surface area (Å²) in [6, 6.07) is 7.96.